The molecule has 1 unspecified atom stereocenters. The van der Waals surface area contributed by atoms with Crippen molar-refractivity contribution in [3.8, 4) is 0 Å². The molecule has 2 aromatic carbocycles. The molecule has 8 nitrogen and oxygen atoms in total. The lowest BCUT2D eigenvalue weighted by molar-refractivity contribution is -0.133. The van der Waals surface area contributed by atoms with E-state index in [-0.39, 0.29) is 28.3 Å². The van der Waals surface area contributed by atoms with Gasteiger partial charge >= 0.3 is 6.03 Å². The number of fused-ring (bicyclic) bond motifs is 1. The minimum absolute atomic E-state index is 0.0935. The van der Waals surface area contributed by atoms with E-state index in [9.17, 15) is 27.6 Å². The molecule has 34 heavy (non-hydrogen) atoms. The first-order valence-corrected chi connectivity index (χ1v) is 10.3. The Hall–Kier alpha value is -3.83. The summed E-state index contributed by atoms with van der Waals surface area (Å²) < 4.78 is 41.5. The van der Waals surface area contributed by atoms with Crippen LogP contribution in [0.4, 0.5) is 18.0 Å². The smallest absolute Gasteiger partial charge is 0.330 e. The van der Waals surface area contributed by atoms with Gasteiger partial charge in [0.25, 0.3) is 5.91 Å². The Morgan fingerprint density at radius 1 is 1.18 bits per heavy atom. The molecule has 176 valence electrons. The first-order valence-electron chi connectivity index (χ1n) is 9.87. The molecule has 1 aliphatic rings. The highest BCUT2D eigenvalue weighted by Crippen LogP contribution is 2.31. The largest absolute Gasteiger partial charge is 0.395 e. The molecule has 4 N–H and O–H groups in total. The van der Waals surface area contributed by atoms with E-state index >= 15 is 0 Å². The van der Waals surface area contributed by atoms with Gasteiger partial charge in [0.05, 0.1) is 17.1 Å². The number of imide groups is 1. The Kier molecular flexibility index (Phi) is 6.31. The molecule has 2 heterocycles. The van der Waals surface area contributed by atoms with Crippen LogP contribution in [0.3, 0.4) is 0 Å². The summed E-state index contributed by atoms with van der Waals surface area (Å²) in [5.41, 5.74) is 0.0490. The maximum Gasteiger partial charge on any atom is 0.330 e. The van der Waals surface area contributed by atoms with Crippen molar-refractivity contribution in [2.45, 2.75) is 6.04 Å². The lowest BCUT2D eigenvalue weighted by atomic mass is 10.0. The first kappa shape index (κ1) is 23.3. The number of carbonyl (C=O) groups is 3. The molecule has 4 rings (SSSR count). The second-order valence-corrected chi connectivity index (χ2v) is 7.69. The number of aromatic amines is 1. The van der Waals surface area contributed by atoms with E-state index in [1.807, 2.05) is 0 Å². The van der Waals surface area contributed by atoms with E-state index in [2.05, 4.69) is 15.6 Å². The van der Waals surface area contributed by atoms with Crippen molar-refractivity contribution in [2.75, 3.05) is 13.2 Å². The van der Waals surface area contributed by atoms with Crippen molar-refractivity contribution in [1.82, 2.24) is 20.5 Å². The topological polar surface area (TPSA) is 115 Å². The van der Waals surface area contributed by atoms with Gasteiger partial charge in [-0.15, -0.1) is 0 Å². The van der Waals surface area contributed by atoms with Gasteiger partial charge < -0.3 is 20.7 Å². The number of nitrogens with zero attached hydrogens (tertiary/aromatic N) is 1. The van der Waals surface area contributed by atoms with Gasteiger partial charge in [-0.2, -0.15) is 0 Å². The number of benzene rings is 2. The van der Waals surface area contributed by atoms with Gasteiger partial charge in [0, 0.05) is 23.7 Å². The van der Waals surface area contributed by atoms with Crippen LogP contribution in [-0.2, 0) is 9.59 Å². The molecule has 0 spiro atoms. The van der Waals surface area contributed by atoms with Gasteiger partial charge in [-0.1, -0.05) is 23.7 Å². The molecule has 0 radical (unpaired) electrons. The number of halogens is 4. The van der Waals surface area contributed by atoms with Crippen LogP contribution >= 0.6 is 11.6 Å². The van der Waals surface area contributed by atoms with Crippen LogP contribution in [-0.4, -0.2) is 46.0 Å². The van der Waals surface area contributed by atoms with E-state index in [1.54, 1.807) is 0 Å². The molecule has 1 atom stereocenters. The van der Waals surface area contributed by atoms with Crippen molar-refractivity contribution in [2.24, 2.45) is 0 Å². The predicted octanol–water partition coefficient (Wildman–Crippen LogP) is 2.98. The maximum absolute atomic E-state index is 14.2. The van der Waals surface area contributed by atoms with E-state index in [1.165, 1.54) is 24.4 Å². The summed E-state index contributed by atoms with van der Waals surface area (Å²) in [5, 5.41) is 13.9. The molecule has 4 amide bonds. The fraction of sp³-hybridized carbons (Fsp3) is 0.136. The van der Waals surface area contributed by atoms with Gasteiger partial charge in [-0.05, 0) is 29.8 Å². The summed E-state index contributed by atoms with van der Waals surface area (Å²) >= 11 is 5.78. The number of hydrogen-bond donors (Lipinski definition) is 4. The molecule has 1 aliphatic heterocycles. The molecule has 1 aromatic heterocycles. The number of aliphatic hydroxyl groups excluding tert-OH is 1. The summed E-state index contributed by atoms with van der Waals surface area (Å²) in [6, 6.07) is 2.75. The summed E-state index contributed by atoms with van der Waals surface area (Å²) in [6.07, 6.45) is 2.68. The number of rotatable bonds is 6. The lowest BCUT2D eigenvalue weighted by Crippen LogP contribution is -2.44. The molecule has 3 aromatic rings. The normalized spacial score (nSPS) is 15.8. The van der Waals surface area contributed by atoms with Crippen LogP contribution in [0.1, 0.15) is 17.2 Å². The lowest BCUT2D eigenvalue weighted by Gasteiger charge is -2.24. The highest BCUT2D eigenvalue weighted by atomic mass is 35.5. The zero-order valence-corrected chi connectivity index (χ0v) is 17.9. The number of aliphatic hydroxyl groups is 1. The highest BCUT2D eigenvalue weighted by Gasteiger charge is 2.43. The van der Waals surface area contributed by atoms with Gasteiger partial charge in [0.2, 0.25) is 5.91 Å². The van der Waals surface area contributed by atoms with Crippen molar-refractivity contribution < 1.29 is 32.7 Å². The molecule has 0 saturated carbocycles. The second-order valence-electron chi connectivity index (χ2n) is 7.28. The summed E-state index contributed by atoms with van der Waals surface area (Å²) in [4.78, 5) is 41.8. The van der Waals surface area contributed by atoms with Gasteiger partial charge in [0.1, 0.15) is 11.7 Å². The van der Waals surface area contributed by atoms with Crippen LogP contribution in [0.15, 0.2) is 42.2 Å². The van der Waals surface area contributed by atoms with Crippen LogP contribution in [0.25, 0.3) is 17.0 Å². The minimum atomic E-state index is -1.65. The van der Waals surface area contributed by atoms with Gasteiger partial charge in [-0.3, -0.25) is 9.59 Å². The summed E-state index contributed by atoms with van der Waals surface area (Å²) in [6.45, 7) is -0.627. The Labute approximate surface area is 195 Å². The molecule has 0 bridgehead atoms. The van der Waals surface area contributed by atoms with Gasteiger partial charge in [-0.25, -0.2) is 22.9 Å². The van der Waals surface area contributed by atoms with E-state index in [0.717, 1.165) is 12.1 Å². The molecular formula is C22H16ClF3N4O4. The third-order valence-electron chi connectivity index (χ3n) is 5.16. The number of hydrogen-bond acceptors (Lipinski definition) is 4. The number of amides is 4. The Balaban J connectivity index is 1.73. The molecular weight excluding hydrogens is 477 g/mol. The third kappa shape index (κ3) is 4.11. The van der Waals surface area contributed by atoms with Crippen molar-refractivity contribution in [3.63, 3.8) is 0 Å². The summed E-state index contributed by atoms with van der Waals surface area (Å²) in [7, 11) is 0. The molecule has 12 heteroatoms. The zero-order chi connectivity index (χ0) is 24.6. The highest BCUT2D eigenvalue weighted by molar-refractivity contribution is 6.31. The number of H-pyrrole nitrogens is 1. The Morgan fingerprint density at radius 3 is 2.65 bits per heavy atom. The Morgan fingerprint density at radius 2 is 1.94 bits per heavy atom. The van der Waals surface area contributed by atoms with E-state index in [0.29, 0.717) is 21.9 Å². The number of urea groups is 1. The number of aromatic nitrogens is 1. The van der Waals surface area contributed by atoms with Gasteiger partial charge in [0.15, 0.2) is 17.5 Å². The Bertz CT molecular complexity index is 1360. The maximum atomic E-state index is 14.2. The average Bonchev–Trinajstić information content (AvgIpc) is 3.33. The molecule has 1 saturated heterocycles. The monoisotopic (exact) mass is 492 g/mol. The predicted molar refractivity (Wildman–Crippen MR) is 116 cm³/mol. The van der Waals surface area contributed by atoms with Crippen LogP contribution in [0.2, 0.25) is 5.02 Å². The molecule has 1 fully saturated rings. The van der Waals surface area contributed by atoms with Crippen LogP contribution < -0.4 is 10.6 Å². The van der Waals surface area contributed by atoms with E-state index in [4.69, 9.17) is 16.7 Å². The SMILES string of the molecule is O=C(NCCO)C(c1ccc(F)c(F)c1)N1C(=O)NC(=Cc2c[nH]c3c(F)c(Cl)ccc23)C1=O. The first-order chi connectivity index (χ1) is 16.2. The van der Waals surface area contributed by atoms with Crippen LogP contribution in [0, 0.1) is 17.5 Å². The quantitative estimate of drug-likeness (QED) is 0.313. The standard InChI is InChI=1S/C22H16ClF3N4O4/c23-13-3-2-12-11(9-28-18(12)17(13)26)8-16-21(33)30(22(34)29-16)19(20(32)27-5-6-31)10-1-4-14(24)15(25)7-10/h1-4,7-9,19,28,31H,5-6H2,(H,27,32)(H,29,34). The molecule has 0 aliphatic carbocycles. The number of nitrogens with one attached hydrogen (secondary N) is 3. The van der Waals surface area contributed by atoms with E-state index < -0.39 is 47.9 Å². The minimum Gasteiger partial charge on any atom is -0.395 e. The number of carbonyl (C=O) groups excluding carboxylic acids is 3. The summed E-state index contributed by atoms with van der Waals surface area (Å²) in [5.74, 6) is -4.97. The second kappa shape index (κ2) is 9.20. The van der Waals surface area contributed by atoms with Crippen LogP contribution in [0.5, 0.6) is 0 Å². The fourth-order valence-electron chi connectivity index (χ4n) is 3.59. The average molecular weight is 493 g/mol. The van der Waals surface area contributed by atoms with Crippen molar-refractivity contribution in [1.29, 1.82) is 0 Å². The zero-order valence-electron chi connectivity index (χ0n) is 17.2. The fourth-order valence-corrected chi connectivity index (χ4v) is 3.75. The third-order valence-corrected chi connectivity index (χ3v) is 5.46. The van der Waals surface area contributed by atoms with Crippen molar-refractivity contribution >= 4 is 46.4 Å². The van der Waals surface area contributed by atoms with Crippen molar-refractivity contribution in [3.05, 3.63) is 75.8 Å².